The lowest BCUT2D eigenvalue weighted by molar-refractivity contribution is -0.0452. The Morgan fingerprint density at radius 3 is 2.77 bits per heavy atom. The quantitative estimate of drug-likeness (QED) is 0.786. The van der Waals surface area contributed by atoms with Crippen molar-refractivity contribution in [1.29, 1.82) is 0 Å². The fourth-order valence-electron chi connectivity index (χ4n) is 3.66. The lowest BCUT2D eigenvalue weighted by Gasteiger charge is -2.28. The number of carbonyl (C=O) groups is 1. The summed E-state index contributed by atoms with van der Waals surface area (Å²) in [5, 5.41) is 4.16. The van der Waals surface area contributed by atoms with Gasteiger partial charge in [0.25, 0.3) is 5.91 Å². The molecule has 2 aliphatic rings. The molecule has 1 aromatic carbocycles. The van der Waals surface area contributed by atoms with E-state index in [1.165, 1.54) is 0 Å². The molecule has 0 radical (unpaired) electrons. The zero-order valence-corrected chi connectivity index (χ0v) is 15.1. The molecule has 2 heterocycles. The predicted octanol–water partition coefficient (Wildman–Crippen LogP) is 4.25. The van der Waals surface area contributed by atoms with Gasteiger partial charge < -0.3 is 14.6 Å². The molecule has 1 N–H and O–H groups in total. The number of hydrogen-bond acceptors (Lipinski definition) is 2. The number of amides is 1. The van der Waals surface area contributed by atoms with E-state index < -0.39 is 5.92 Å². The summed E-state index contributed by atoms with van der Waals surface area (Å²) in [4.78, 5) is 12.7. The van der Waals surface area contributed by atoms with Gasteiger partial charge in [-0.25, -0.2) is 8.78 Å². The third-order valence-corrected chi connectivity index (χ3v) is 5.61. The first kappa shape index (κ1) is 17.7. The van der Waals surface area contributed by atoms with Gasteiger partial charge in [-0.05, 0) is 30.9 Å². The molecule has 2 aromatic rings. The monoisotopic (exact) mass is 382 g/mol. The molecule has 1 aliphatic heterocycles. The molecular weight excluding hydrogens is 362 g/mol. The van der Waals surface area contributed by atoms with E-state index in [2.05, 4.69) is 5.32 Å². The van der Waals surface area contributed by atoms with E-state index in [0.717, 1.165) is 17.5 Å². The van der Waals surface area contributed by atoms with E-state index in [0.29, 0.717) is 36.5 Å². The summed E-state index contributed by atoms with van der Waals surface area (Å²) in [6, 6.07) is 5.56. The van der Waals surface area contributed by atoms with Gasteiger partial charge >= 0.3 is 0 Å². The van der Waals surface area contributed by atoms with Gasteiger partial charge in [-0.1, -0.05) is 17.7 Å². The van der Waals surface area contributed by atoms with Gasteiger partial charge in [0.1, 0.15) is 0 Å². The van der Waals surface area contributed by atoms with Crippen LogP contribution in [0.2, 0.25) is 5.02 Å². The first-order chi connectivity index (χ1) is 12.4. The molecule has 0 spiro atoms. The number of ether oxygens (including phenoxy) is 1. The minimum absolute atomic E-state index is 0.0972. The molecule has 1 aromatic heterocycles. The van der Waals surface area contributed by atoms with E-state index in [1.54, 1.807) is 6.07 Å². The number of benzene rings is 1. The third-order valence-electron chi connectivity index (χ3n) is 5.29. The van der Waals surface area contributed by atoms with Crippen molar-refractivity contribution in [3.63, 3.8) is 0 Å². The Kier molecular flexibility index (Phi) is 4.65. The van der Waals surface area contributed by atoms with Crippen molar-refractivity contribution in [3.05, 3.63) is 35.0 Å². The molecule has 1 amide bonds. The van der Waals surface area contributed by atoms with Crippen LogP contribution in [-0.2, 0) is 11.3 Å². The van der Waals surface area contributed by atoms with Crippen molar-refractivity contribution < 1.29 is 18.3 Å². The van der Waals surface area contributed by atoms with Gasteiger partial charge in [-0.2, -0.15) is 0 Å². The highest BCUT2D eigenvalue weighted by atomic mass is 35.5. The second kappa shape index (κ2) is 6.82. The van der Waals surface area contributed by atoms with Crippen LogP contribution in [-0.4, -0.2) is 35.7 Å². The highest BCUT2D eigenvalue weighted by molar-refractivity contribution is 6.36. The first-order valence-corrected chi connectivity index (χ1v) is 9.36. The standard InChI is InChI=1S/C19H21ClF2N2O2/c20-15-2-1-3-16-17(15)14(10-24(16)9-13-11-26-13)18(25)23-8-12-4-6-19(21,22)7-5-12/h1-3,10,12-13H,4-9,11H2,(H,23,25)/t13-/m0/s1. The van der Waals surface area contributed by atoms with Crippen LogP contribution in [0.5, 0.6) is 0 Å². The van der Waals surface area contributed by atoms with Crippen LogP contribution in [0.15, 0.2) is 24.4 Å². The van der Waals surface area contributed by atoms with E-state index in [4.69, 9.17) is 16.3 Å². The minimum Gasteiger partial charge on any atom is -0.371 e. The topological polar surface area (TPSA) is 46.6 Å². The zero-order valence-electron chi connectivity index (χ0n) is 14.3. The average Bonchev–Trinajstić information content (AvgIpc) is 3.34. The zero-order chi connectivity index (χ0) is 18.3. The Labute approximate surface area is 155 Å². The van der Waals surface area contributed by atoms with Crippen LogP contribution in [0, 0.1) is 5.92 Å². The predicted molar refractivity (Wildman–Crippen MR) is 95.9 cm³/mol. The molecular formula is C19H21ClF2N2O2. The van der Waals surface area contributed by atoms with E-state index in [1.807, 2.05) is 22.9 Å². The van der Waals surface area contributed by atoms with Gasteiger partial charge in [-0.15, -0.1) is 0 Å². The van der Waals surface area contributed by atoms with Crippen LogP contribution in [0.3, 0.4) is 0 Å². The van der Waals surface area contributed by atoms with E-state index in [9.17, 15) is 13.6 Å². The first-order valence-electron chi connectivity index (χ1n) is 8.98. The second-order valence-electron chi connectivity index (χ2n) is 7.29. The molecule has 1 saturated heterocycles. The second-order valence-corrected chi connectivity index (χ2v) is 7.70. The third kappa shape index (κ3) is 3.71. The summed E-state index contributed by atoms with van der Waals surface area (Å²) < 4.78 is 33.8. The van der Waals surface area contributed by atoms with E-state index in [-0.39, 0.29) is 30.8 Å². The molecule has 1 atom stereocenters. The minimum atomic E-state index is -2.55. The summed E-state index contributed by atoms with van der Waals surface area (Å²) in [6.07, 6.45) is 2.68. The number of nitrogens with one attached hydrogen (secondary N) is 1. The number of nitrogens with zero attached hydrogens (tertiary/aromatic N) is 1. The molecule has 4 nitrogen and oxygen atoms in total. The molecule has 0 unspecified atom stereocenters. The molecule has 140 valence electrons. The van der Waals surface area contributed by atoms with Gasteiger partial charge in [0.15, 0.2) is 0 Å². The van der Waals surface area contributed by atoms with Crippen LogP contribution >= 0.6 is 11.6 Å². The Hall–Kier alpha value is -1.66. The Morgan fingerprint density at radius 1 is 1.35 bits per heavy atom. The molecule has 1 saturated carbocycles. The highest BCUT2D eigenvalue weighted by Gasteiger charge is 2.35. The van der Waals surface area contributed by atoms with Crippen molar-refractivity contribution in [2.45, 2.75) is 44.3 Å². The fraction of sp³-hybridized carbons (Fsp3) is 0.526. The maximum absolute atomic E-state index is 13.3. The lowest BCUT2D eigenvalue weighted by atomic mass is 9.87. The number of epoxide rings is 1. The van der Waals surface area contributed by atoms with Crippen molar-refractivity contribution in [2.24, 2.45) is 5.92 Å². The van der Waals surface area contributed by atoms with Crippen LogP contribution in [0.4, 0.5) is 8.78 Å². The van der Waals surface area contributed by atoms with Crippen molar-refractivity contribution in [2.75, 3.05) is 13.2 Å². The molecule has 0 bridgehead atoms. The summed E-state index contributed by atoms with van der Waals surface area (Å²) in [7, 11) is 0. The smallest absolute Gasteiger partial charge is 0.253 e. The molecule has 4 rings (SSSR count). The fourth-order valence-corrected chi connectivity index (χ4v) is 3.93. The summed E-state index contributed by atoms with van der Waals surface area (Å²) >= 11 is 6.34. The number of alkyl halides is 2. The van der Waals surface area contributed by atoms with Gasteiger partial charge in [0.05, 0.1) is 35.4 Å². The molecule has 26 heavy (non-hydrogen) atoms. The number of halogens is 3. The van der Waals surface area contributed by atoms with Gasteiger partial charge in [0, 0.05) is 31.0 Å². The summed E-state index contributed by atoms with van der Waals surface area (Å²) in [5.74, 6) is -2.66. The Morgan fingerprint density at radius 2 is 2.08 bits per heavy atom. The van der Waals surface area contributed by atoms with E-state index >= 15 is 0 Å². The normalized spacial score (nSPS) is 22.5. The van der Waals surface area contributed by atoms with Crippen LogP contribution in [0.25, 0.3) is 10.9 Å². The number of carbonyl (C=O) groups excluding carboxylic acids is 1. The molecule has 7 heteroatoms. The summed E-state index contributed by atoms with van der Waals surface area (Å²) in [5.41, 5.74) is 1.42. The van der Waals surface area contributed by atoms with Crippen LogP contribution < -0.4 is 5.32 Å². The van der Waals surface area contributed by atoms with Crippen LogP contribution in [0.1, 0.15) is 36.0 Å². The van der Waals surface area contributed by atoms with Crippen molar-refractivity contribution in [1.82, 2.24) is 9.88 Å². The SMILES string of the molecule is O=C(NCC1CCC(F)(F)CC1)c1cn(C[C@H]2CO2)c2cccc(Cl)c12. The van der Waals surface area contributed by atoms with Crippen molar-refractivity contribution in [3.8, 4) is 0 Å². The Balaban J connectivity index is 1.49. The summed E-state index contributed by atoms with van der Waals surface area (Å²) in [6.45, 7) is 1.83. The molecule has 1 aliphatic carbocycles. The average molecular weight is 383 g/mol. The number of fused-ring (bicyclic) bond motifs is 1. The largest absolute Gasteiger partial charge is 0.371 e. The maximum Gasteiger partial charge on any atom is 0.253 e. The Bertz CT molecular complexity index is 822. The number of aromatic nitrogens is 1. The lowest BCUT2D eigenvalue weighted by Crippen LogP contribution is -2.33. The van der Waals surface area contributed by atoms with Gasteiger partial charge in [-0.3, -0.25) is 4.79 Å². The maximum atomic E-state index is 13.3. The number of rotatable bonds is 5. The molecule has 2 fully saturated rings. The highest BCUT2D eigenvalue weighted by Crippen LogP contribution is 2.36. The van der Waals surface area contributed by atoms with Gasteiger partial charge in [0.2, 0.25) is 5.92 Å². The van der Waals surface area contributed by atoms with Crippen molar-refractivity contribution >= 4 is 28.4 Å². The number of hydrogen-bond donors (Lipinski definition) is 1.